The molecule has 96 valence electrons. The minimum Gasteiger partial charge on any atom is -0.393 e. The average Bonchev–Trinajstić information content (AvgIpc) is 1.97. The summed E-state index contributed by atoms with van der Waals surface area (Å²) >= 11 is 4.72. The Morgan fingerprint density at radius 1 is 1.31 bits per heavy atom. The maximum atomic E-state index is 11.5. The molecular weight excluding hydrogens is 246 g/mol. The first kappa shape index (κ1) is 15.8. The van der Waals surface area contributed by atoms with E-state index >= 15 is 0 Å². The van der Waals surface area contributed by atoms with Gasteiger partial charge in [-0.25, -0.2) is 4.72 Å². The fourth-order valence-electron chi connectivity index (χ4n) is 1.07. The van der Waals surface area contributed by atoms with Gasteiger partial charge in [0.2, 0.25) is 0 Å². The van der Waals surface area contributed by atoms with Crippen molar-refractivity contribution in [1.29, 1.82) is 0 Å². The van der Waals surface area contributed by atoms with Gasteiger partial charge in [0.15, 0.2) is 0 Å². The highest BCUT2D eigenvalue weighted by Crippen LogP contribution is 2.01. The third-order valence-corrected chi connectivity index (χ3v) is 3.25. The van der Waals surface area contributed by atoms with Crippen LogP contribution in [0.5, 0.6) is 0 Å². The molecule has 0 spiro atoms. The zero-order valence-corrected chi connectivity index (χ0v) is 11.7. The average molecular weight is 267 g/mol. The second-order valence-corrected chi connectivity index (χ2v) is 6.70. The van der Waals surface area contributed by atoms with E-state index < -0.39 is 15.7 Å². The molecule has 0 aromatic heterocycles. The van der Waals surface area contributed by atoms with E-state index in [1.807, 2.05) is 0 Å². The zero-order chi connectivity index (χ0) is 12.8. The molecule has 0 aromatic carbocycles. The Bertz CT molecular complexity index is 320. The molecule has 16 heavy (non-hydrogen) atoms. The van der Waals surface area contributed by atoms with Gasteiger partial charge in [-0.15, -0.1) is 0 Å². The van der Waals surface area contributed by atoms with E-state index in [0.717, 1.165) is 12.8 Å². The summed E-state index contributed by atoms with van der Waals surface area (Å²) in [6.45, 7) is 5.77. The van der Waals surface area contributed by atoms with Gasteiger partial charge < -0.3 is 5.73 Å². The molecular formula is C9H21N3O2S2. The number of nitrogens with one attached hydrogen (secondary N) is 2. The third-order valence-electron chi connectivity index (χ3n) is 1.58. The highest BCUT2D eigenvalue weighted by molar-refractivity contribution is 7.87. The predicted molar refractivity (Wildman–Crippen MR) is 70.4 cm³/mol. The van der Waals surface area contributed by atoms with E-state index in [4.69, 9.17) is 18.0 Å². The van der Waals surface area contributed by atoms with Gasteiger partial charge in [0.1, 0.15) is 0 Å². The molecule has 0 atom stereocenters. The minimum absolute atomic E-state index is 0.397. The highest BCUT2D eigenvalue weighted by atomic mass is 32.2. The molecule has 0 aliphatic heterocycles. The molecule has 5 nitrogen and oxygen atoms in total. The van der Waals surface area contributed by atoms with Gasteiger partial charge in [-0.05, 0) is 40.0 Å². The zero-order valence-electron chi connectivity index (χ0n) is 10.0. The summed E-state index contributed by atoms with van der Waals surface area (Å²) in [4.78, 5) is 0.468. The van der Waals surface area contributed by atoms with E-state index in [0.29, 0.717) is 18.0 Å². The maximum absolute atomic E-state index is 11.5. The van der Waals surface area contributed by atoms with Crippen molar-refractivity contribution in [3.8, 4) is 0 Å². The van der Waals surface area contributed by atoms with Crippen molar-refractivity contribution in [1.82, 2.24) is 9.44 Å². The molecule has 0 heterocycles. The summed E-state index contributed by atoms with van der Waals surface area (Å²) in [6, 6.07) is 0. The summed E-state index contributed by atoms with van der Waals surface area (Å²) in [6.07, 6.45) is 2.18. The molecule has 0 unspecified atom stereocenters. The second-order valence-electron chi connectivity index (χ2n) is 4.67. The van der Waals surface area contributed by atoms with Crippen LogP contribution in [-0.4, -0.2) is 25.5 Å². The van der Waals surface area contributed by atoms with Gasteiger partial charge >= 0.3 is 0 Å². The molecule has 7 heteroatoms. The van der Waals surface area contributed by atoms with Gasteiger partial charge in [0.05, 0.1) is 4.99 Å². The van der Waals surface area contributed by atoms with Crippen LogP contribution in [0.3, 0.4) is 0 Å². The van der Waals surface area contributed by atoms with Crippen molar-refractivity contribution >= 4 is 27.4 Å². The molecule has 0 saturated carbocycles. The van der Waals surface area contributed by atoms with Crippen LogP contribution in [0.15, 0.2) is 0 Å². The fourth-order valence-corrected chi connectivity index (χ4v) is 2.51. The quantitative estimate of drug-likeness (QED) is 0.467. The number of hydrogen-bond donors (Lipinski definition) is 3. The fraction of sp³-hybridized carbons (Fsp3) is 0.889. The minimum atomic E-state index is -3.40. The summed E-state index contributed by atoms with van der Waals surface area (Å²) in [5.74, 6) is 0. The molecule has 0 rings (SSSR count). The molecule has 4 N–H and O–H groups in total. The van der Waals surface area contributed by atoms with Crippen LogP contribution in [0.2, 0.25) is 0 Å². The van der Waals surface area contributed by atoms with Crippen molar-refractivity contribution < 1.29 is 8.42 Å². The van der Waals surface area contributed by atoms with Crippen LogP contribution < -0.4 is 15.2 Å². The monoisotopic (exact) mass is 267 g/mol. The first-order valence-electron chi connectivity index (χ1n) is 5.19. The van der Waals surface area contributed by atoms with Crippen LogP contribution in [0.25, 0.3) is 0 Å². The van der Waals surface area contributed by atoms with Crippen LogP contribution in [0.4, 0.5) is 0 Å². The molecule has 0 aliphatic rings. The molecule has 0 saturated heterocycles. The standard InChI is InChI=1S/C9H21N3O2S2/c1-9(2,3)12-16(13,14)11-7-5-4-6-8(10)15/h11-12H,4-7H2,1-3H3,(H2,10,15). The lowest BCUT2D eigenvalue weighted by Crippen LogP contribution is -2.47. The first-order chi connectivity index (χ1) is 7.12. The van der Waals surface area contributed by atoms with Crippen LogP contribution >= 0.6 is 12.2 Å². The molecule has 0 bridgehead atoms. The van der Waals surface area contributed by atoms with E-state index in [-0.39, 0.29) is 0 Å². The van der Waals surface area contributed by atoms with Crippen molar-refractivity contribution in [2.75, 3.05) is 6.54 Å². The van der Waals surface area contributed by atoms with Crippen LogP contribution in [0.1, 0.15) is 40.0 Å². The van der Waals surface area contributed by atoms with Gasteiger partial charge in [0.25, 0.3) is 10.2 Å². The Labute approximate surface area is 103 Å². The number of rotatable bonds is 7. The van der Waals surface area contributed by atoms with E-state index in [1.54, 1.807) is 20.8 Å². The van der Waals surface area contributed by atoms with Gasteiger partial charge in [-0.2, -0.15) is 13.1 Å². The summed E-state index contributed by atoms with van der Waals surface area (Å²) in [7, 11) is -3.40. The first-order valence-corrected chi connectivity index (χ1v) is 7.08. The normalized spacial score (nSPS) is 12.7. The second kappa shape index (κ2) is 6.48. The van der Waals surface area contributed by atoms with Crippen LogP contribution in [-0.2, 0) is 10.2 Å². The van der Waals surface area contributed by atoms with Crippen molar-refractivity contribution in [2.45, 2.75) is 45.6 Å². The van der Waals surface area contributed by atoms with Crippen molar-refractivity contribution in [2.24, 2.45) is 5.73 Å². The number of hydrogen-bond acceptors (Lipinski definition) is 3. The summed E-state index contributed by atoms with van der Waals surface area (Å²) in [5.41, 5.74) is 4.86. The Balaban J connectivity index is 3.80. The Kier molecular flexibility index (Phi) is 6.39. The Morgan fingerprint density at radius 2 is 1.88 bits per heavy atom. The summed E-state index contributed by atoms with van der Waals surface area (Å²) in [5, 5.41) is 0. The molecule has 0 radical (unpaired) electrons. The lowest BCUT2D eigenvalue weighted by Gasteiger charge is -2.20. The topological polar surface area (TPSA) is 84.2 Å². The SMILES string of the molecule is CC(C)(C)NS(=O)(=O)NCCCCC(N)=S. The van der Waals surface area contributed by atoms with Gasteiger partial charge in [-0.3, -0.25) is 0 Å². The van der Waals surface area contributed by atoms with Gasteiger partial charge in [-0.1, -0.05) is 12.2 Å². The smallest absolute Gasteiger partial charge is 0.277 e. The van der Waals surface area contributed by atoms with Crippen molar-refractivity contribution in [3.05, 3.63) is 0 Å². The number of thiocarbonyl (C=S) groups is 1. The van der Waals surface area contributed by atoms with E-state index in [2.05, 4.69) is 9.44 Å². The molecule has 0 aromatic rings. The molecule has 0 fully saturated rings. The Morgan fingerprint density at radius 3 is 2.31 bits per heavy atom. The lowest BCUT2D eigenvalue weighted by molar-refractivity contribution is 0.483. The lowest BCUT2D eigenvalue weighted by atomic mass is 10.1. The van der Waals surface area contributed by atoms with Crippen LogP contribution in [0, 0.1) is 0 Å². The maximum Gasteiger partial charge on any atom is 0.277 e. The summed E-state index contributed by atoms with van der Waals surface area (Å²) < 4.78 is 27.9. The van der Waals surface area contributed by atoms with E-state index in [9.17, 15) is 8.42 Å². The number of unbranched alkanes of at least 4 members (excludes halogenated alkanes) is 1. The van der Waals surface area contributed by atoms with Gasteiger partial charge in [0, 0.05) is 12.1 Å². The van der Waals surface area contributed by atoms with Crippen molar-refractivity contribution in [3.63, 3.8) is 0 Å². The van der Waals surface area contributed by atoms with E-state index in [1.165, 1.54) is 0 Å². The predicted octanol–water partition coefficient (Wildman–Crippen LogP) is 0.665. The third kappa shape index (κ3) is 10.3. The Hall–Kier alpha value is -0.240. The largest absolute Gasteiger partial charge is 0.393 e. The molecule has 0 aliphatic carbocycles. The highest BCUT2D eigenvalue weighted by Gasteiger charge is 2.18. The molecule has 0 amide bonds. The number of nitrogens with two attached hydrogens (primary N) is 1.